The van der Waals surface area contributed by atoms with Gasteiger partial charge in [-0.2, -0.15) is 8.78 Å². The molecule has 0 fully saturated rings. The van der Waals surface area contributed by atoms with E-state index in [9.17, 15) is 13.2 Å². The fourth-order valence-electron chi connectivity index (χ4n) is 0.681. The first-order chi connectivity index (χ1) is 5.54. The van der Waals surface area contributed by atoms with Crippen LogP contribution in [0.2, 0.25) is 0 Å². The zero-order valence-electron chi connectivity index (χ0n) is 7.45. The molecule has 0 spiro atoms. The van der Waals surface area contributed by atoms with Crippen molar-refractivity contribution in [3.8, 4) is 0 Å². The molecule has 0 aliphatic carbocycles. The van der Waals surface area contributed by atoms with E-state index in [1.165, 1.54) is 6.92 Å². The van der Waals surface area contributed by atoms with Gasteiger partial charge < -0.3 is 4.74 Å². The minimum atomic E-state index is -3.61. The molecule has 0 aliphatic rings. The van der Waals surface area contributed by atoms with E-state index in [-0.39, 0.29) is 13.0 Å². The third-order valence-corrected chi connectivity index (χ3v) is 1.52. The van der Waals surface area contributed by atoms with Gasteiger partial charge in [0.15, 0.2) is 6.17 Å². The minimum Gasteiger partial charge on any atom is -0.318 e. The van der Waals surface area contributed by atoms with Gasteiger partial charge in [-0.25, -0.2) is 4.39 Å². The molecule has 1 nitrogen and oxygen atoms in total. The van der Waals surface area contributed by atoms with Gasteiger partial charge >= 0.3 is 6.11 Å². The third kappa shape index (κ3) is 3.95. The van der Waals surface area contributed by atoms with E-state index >= 15 is 0 Å². The average Bonchev–Trinajstić information content (AvgIpc) is 2.03. The molecule has 0 saturated heterocycles. The molecule has 0 aromatic carbocycles. The van der Waals surface area contributed by atoms with Crippen LogP contribution in [0.5, 0.6) is 0 Å². The number of unbranched alkanes of at least 4 members (excludes halogenated alkanes) is 1. The smallest absolute Gasteiger partial charge is 0.318 e. The van der Waals surface area contributed by atoms with E-state index in [4.69, 9.17) is 0 Å². The van der Waals surface area contributed by atoms with E-state index < -0.39 is 12.3 Å². The standard InChI is InChI=1S/C8H15F3O/c1-3-5-6-12-8(10,11)7(9)4-2/h7H,3-6H2,1-2H3. The van der Waals surface area contributed by atoms with Crippen LogP contribution in [0, 0.1) is 0 Å². The van der Waals surface area contributed by atoms with Crippen LogP contribution in [0.15, 0.2) is 0 Å². The Morgan fingerprint density at radius 3 is 2.33 bits per heavy atom. The van der Waals surface area contributed by atoms with Gasteiger partial charge in [0.05, 0.1) is 6.61 Å². The van der Waals surface area contributed by atoms with Crippen LogP contribution < -0.4 is 0 Å². The van der Waals surface area contributed by atoms with Gasteiger partial charge in [-0.3, -0.25) is 0 Å². The summed E-state index contributed by atoms with van der Waals surface area (Å²) in [6.45, 7) is 3.14. The lowest BCUT2D eigenvalue weighted by Crippen LogP contribution is -2.33. The maximum Gasteiger partial charge on any atom is 0.386 e. The van der Waals surface area contributed by atoms with E-state index in [1.807, 2.05) is 6.92 Å². The number of alkyl halides is 3. The number of hydrogen-bond donors (Lipinski definition) is 0. The Morgan fingerprint density at radius 2 is 1.92 bits per heavy atom. The Hall–Kier alpha value is -0.250. The second kappa shape index (κ2) is 5.41. The van der Waals surface area contributed by atoms with Gasteiger partial charge in [0.25, 0.3) is 0 Å². The highest BCUT2D eigenvalue weighted by Crippen LogP contribution is 2.25. The molecular formula is C8H15F3O. The molecule has 1 atom stereocenters. The van der Waals surface area contributed by atoms with Gasteiger partial charge in [-0.15, -0.1) is 0 Å². The topological polar surface area (TPSA) is 9.23 Å². The highest BCUT2D eigenvalue weighted by atomic mass is 19.3. The molecule has 1 unspecified atom stereocenters. The fraction of sp³-hybridized carbons (Fsp3) is 1.00. The second-order valence-corrected chi connectivity index (χ2v) is 2.64. The van der Waals surface area contributed by atoms with Crippen molar-refractivity contribution in [2.75, 3.05) is 6.61 Å². The third-order valence-electron chi connectivity index (χ3n) is 1.52. The Morgan fingerprint density at radius 1 is 1.33 bits per heavy atom. The summed E-state index contributed by atoms with van der Waals surface area (Å²) >= 11 is 0. The van der Waals surface area contributed by atoms with Crippen molar-refractivity contribution in [1.82, 2.24) is 0 Å². The monoisotopic (exact) mass is 184 g/mol. The molecule has 74 valence electrons. The predicted molar refractivity (Wildman–Crippen MR) is 41.0 cm³/mol. The van der Waals surface area contributed by atoms with Gasteiger partial charge in [0.1, 0.15) is 0 Å². The van der Waals surface area contributed by atoms with Gasteiger partial charge in [0.2, 0.25) is 0 Å². The lowest BCUT2D eigenvalue weighted by atomic mass is 10.3. The second-order valence-electron chi connectivity index (χ2n) is 2.64. The Kier molecular flexibility index (Phi) is 5.29. The molecule has 0 heterocycles. The largest absolute Gasteiger partial charge is 0.386 e. The number of hydrogen-bond acceptors (Lipinski definition) is 1. The molecule has 4 heteroatoms. The summed E-state index contributed by atoms with van der Waals surface area (Å²) < 4.78 is 41.7. The number of rotatable bonds is 6. The maximum atomic E-state index is 12.5. The highest BCUT2D eigenvalue weighted by Gasteiger charge is 2.39. The number of halogens is 3. The first-order valence-electron chi connectivity index (χ1n) is 4.20. The lowest BCUT2D eigenvalue weighted by molar-refractivity contribution is -0.273. The summed E-state index contributed by atoms with van der Waals surface area (Å²) in [5.74, 6) is 0. The van der Waals surface area contributed by atoms with Crippen molar-refractivity contribution in [3.05, 3.63) is 0 Å². The van der Waals surface area contributed by atoms with Crippen LogP contribution in [-0.2, 0) is 4.74 Å². The van der Waals surface area contributed by atoms with Crippen molar-refractivity contribution in [2.24, 2.45) is 0 Å². The summed E-state index contributed by atoms with van der Waals surface area (Å²) in [7, 11) is 0. The fourth-order valence-corrected chi connectivity index (χ4v) is 0.681. The van der Waals surface area contributed by atoms with E-state index in [0.717, 1.165) is 6.42 Å². The quantitative estimate of drug-likeness (QED) is 0.576. The molecule has 0 amide bonds. The Balaban J connectivity index is 3.70. The van der Waals surface area contributed by atoms with Crippen LogP contribution in [0.1, 0.15) is 33.1 Å². The average molecular weight is 184 g/mol. The van der Waals surface area contributed by atoms with E-state index in [0.29, 0.717) is 6.42 Å². The van der Waals surface area contributed by atoms with E-state index in [2.05, 4.69) is 4.74 Å². The Labute approximate surface area is 70.9 Å². The summed E-state index contributed by atoms with van der Waals surface area (Å²) in [4.78, 5) is 0. The molecule has 0 aromatic rings. The summed E-state index contributed by atoms with van der Waals surface area (Å²) in [5, 5.41) is 0. The summed E-state index contributed by atoms with van der Waals surface area (Å²) in [6, 6.07) is 0. The van der Waals surface area contributed by atoms with Crippen LogP contribution in [0.3, 0.4) is 0 Å². The zero-order valence-corrected chi connectivity index (χ0v) is 7.45. The molecule has 0 aromatic heterocycles. The maximum absolute atomic E-state index is 12.5. The minimum absolute atomic E-state index is 0.0794. The molecular weight excluding hydrogens is 169 g/mol. The van der Waals surface area contributed by atoms with Gasteiger partial charge in [-0.05, 0) is 12.8 Å². The molecule has 12 heavy (non-hydrogen) atoms. The van der Waals surface area contributed by atoms with Gasteiger partial charge in [-0.1, -0.05) is 20.3 Å². The van der Waals surface area contributed by atoms with Crippen LogP contribution in [0.4, 0.5) is 13.2 Å². The lowest BCUT2D eigenvalue weighted by Gasteiger charge is -2.19. The van der Waals surface area contributed by atoms with Gasteiger partial charge in [0, 0.05) is 0 Å². The van der Waals surface area contributed by atoms with Crippen LogP contribution in [0.25, 0.3) is 0 Å². The normalized spacial score (nSPS) is 14.8. The molecule has 0 N–H and O–H groups in total. The summed E-state index contributed by atoms with van der Waals surface area (Å²) in [6.07, 6.45) is -4.72. The van der Waals surface area contributed by atoms with Crippen molar-refractivity contribution < 1.29 is 17.9 Å². The van der Waals surface area contributed by atoms with Crippen LogP contribution in [-0.4, -0.2) is 18.9 Å². The number of ether oxygens (including phenoxy) is 1. The van der Waals surface area contributed by atoms with Crippen molar-refractivity contribution >= 4 is 0 Å². The Bertz CT molecular complexity index is 117. The zero-order chi connectivity index (χ0) is 9.61. The predicted octanol–water partition coefficient (Wildman–Crippen LogP) is 3.14. The first kappa shape index (κ1) is 11.8. The highest BCUT2D eigenvalue weighted by molar-refractivity contribution is 4.64. The molecule has 0 bridgehead atoms. The summed E-state index contributed by atoms with van der Waals surface area (Å²) in [5.41, 5.74) is 0. The molecule has 0 radical (unpaired) electrons. The van der Waals surface area contributed by atoms with E-state index in [1.54, 1.807) is 0 Å². The SMILES string of the molecule is CCCCOC(F)(F)C(F)CC. The van der Waals surface area contributed by atoms with Crippen LogP contribution >= 0.6 is 0 Å². The molecule has 0 saturated carbocycles. The van der Waals surface area contributed by atoms with Crippen molar-refractivity contribution in [1.29, 1.82) is 0 Å². The first-order valence-corrected chi connectivity index (χ1v) is 4.20. The van der Waals surface area contributed by atoms with Crippen molar-refractivity contribution in [2.45, 2.75) is 45.4 Å². The van der Waals surface area contributed by atoms with Crippen molar-refractivity contribution in [3.63, 3.8) is 0 Å². The molecule has 0 aliphatic heterocycles. The molecule has 0 rings (SSSR count).